The molecule has 1 rings (SSSR count). The van der Waals surface area contributed by atoms with Gasteiger partial charge in [0.05, 0.1) is 0 Å². The van der Waals surface area contributed by atoms with Gasteiger partial charge in [0.1, 0.15) is 5.69 Å². The lowest BCUT2D eigenvalue weighted by Gasteiger charge is -2.15. The van der Waals surface area contributed by atoms with Gasteiger partial charge < -0.3 is 4.74 Å². The number of aromatic nitrogens is 1. The van der Waals surface area contributed by atoms with Gasteiger partial charge in [0, 0.05) is 16.5 Å². The average Bonchev–Trinajstić information content (AvgIpc) is 2.24. The number of pyridine rings is 1. The van der Waals surface area contributed by atoms with Gasteiger partial charge in [-0.05, 0) is 6.07 Å². The summed E-state index contributed by atoms with van der Waals surface area (Å²) < 4.78 is 76.9. The van der Waals surface area contributed by atoms with E-state index in [1.165, 1.54) is 0 Å². The predicted octanol–water partition coefficient (Wildman–Crippen LogP) is 3.71. The van der Waals surface area contributed by atoms with Gasteiger partial charge in [0.2, 0.25) is 5.88 Å². The van der Waals surface area contributed by atoms with Gasteiger partial charge >= 0.3 is 12.5 Å². The first kappa shape index (κ1) is 15.7. The number of aldehydes is 1. The second-order valence-electron chi connectivity index (χ2n) is 3.18. The van der Waals surface area contributed by atoms with Crippen molar-refractivity contribution in [2.24, 2.45) is 0 Å². The van der Waals surface area contributed by atoms with Crippen LogP contribution in [0.2, 0.25) is 0 Å². The number of nitrogens with zero attached hydrogens (tertiary/aromatic N) is 1. The lowest BCUT2D eigenvalue weighted by molar-refractivity contribution is -0.276. The van der Waals surface area contributed by atoms with Gasteiger partial charge in [0.15, 0.2) is 6.29 Å². The lowest BCUT2D eigenvalue weighted by atomic mass is 10.1. The molecule has 0 aliphatic heterocycles. The minimum atomic E-state index is -5.21. The Hall–Kier alpha value is -1.32. The molecule has 1 aromatic heterocycles. The number of halogens is 7. The van der Waals surface area contributed by atoms with Gasteiger partial charge in [0.25, 0.3) is 0 Å². The van der Waals surface area contributed by atoms with Crippen LogP contribution in [-0.4, -0.2) is 17.6 Å². The summed E-state index contributed by atoms with van der Waals surface area (Å²) in [5.74, 6) is -1.30. The highest BCUT2D eigenvalue weighted by atomic mass is 79.9. The van der Waals surface area contributed by atoms with Gasteiger partial charge in [-0.15, -0.1) is 13.2 Å². The number of carbonyl (C=O) groups is 1. The highest BCUT2D eigenvalue weighted by Gasteiger charge is 2.38. The van der Waals surface area contributed by atoms with Crippen LogP contribution in [0.3, 0.4) is 0 Å². The van der Waals surface area contributed by atoms with E-state index in [-0.39, 0.29) is 11.6 Å². The van der Waals surface area contributed by atoms with Crippen LogP contribution in [-0.2, 0) is 11.5 Å². The molecule has 0 amide bonds. The van der Waals surface area contributed by atoms with Crippen LogP contribution >= 0.6 is 15.9 Å². The minimum absolute atomic E-state index is 0.00323. The van der Waals surface area contributed by atoms with Crippen LogP contribution < -0.4 is 4.74 Å². The van der Waals surface area contributed by atoms with Crippen LogP contribution in [0.1, 0.15) is 21.6 Å². The van der Waals surface area contributed by atoms with Crippen molar-refractivity contribution >= 4 is 22.2 Å². The molecule has 0 aliphatic rings. The van der Waals surface area contributed by atoms with Crippen molar-refractivity contribution < 1.29 is 35.9 Å². The molecule has 0 N–H and O–H groups in total. The quantitative estimate of drug-likeness (QED) is 0.473. The Kier molecular flexibility index (Phi) is 4.43. The summed E-state index contributed by atoms with van der Waals surface area (Å²) >= 11 is 2.76. The molecule has 0 unspecified atom stereocenters. The van der Waals surface area contributed by atoms with Crippen molar-refractivity contribution in [2.45, 2.75) is 17.9 Å². The van der Waals surface area contributed by atoms with E-state index < -0.39 is 35.2 Å². The van der Waals surface area contributed by atoms with E-state index in [1.54, 1.807) is 0 Å². The first-order chi connectivity index (χ1) is 8.58. The molecule has 0 aliphatic carbocycles. The van der Waals surface area contributed by atoms with Crippen molar-refractivity contribution in [2.75, 3.05) is 0 Å². The molecule has 1 heterocycles. The Bertz CT molecular complexity index is 485. The fourth-order valence-electron chi connectivity index (χ4n) is 1.15. The topological polar surface area (TPSA) is 39.2 Å². The van der Waals surface area contributed by atoms with Crippen LogP contribution in [0.15, 0.2) is 6.07 Å². The number of ether oxygens (including phenoxy) is 1. The van der Waals surface area contributed by atoms with E-state index >= 15 is 0 Å². The van der Waals surface area contributed by atoms with E-state index in [0.29, 0.717) is 6.07 Å². The van der Waals surface area contributed by atoms with Gasteiger partial charge in [-0.25, -0.2) is 4.98 Å². The molecule has 0 atom stereocenters. The third-order valence-electron chi connectivity index (χ3n) is 1.88. The largest absolute Gasteiger partial charge is 0.574 e. The van der Waals surface area contributed by atoms with Gasteiger partial charge in [-0.3, -0.25) is 4.79 Å². The molecular formula is C9H4BrF6NO2. The van der Waals surface area contributed by atoms with E-state index in [1.807, 2.05) is 0 Å². The number of alkyl halides is 7. The monoisotopic (exact) mass is 351 g/mol. The molecule has 0 bridgehead atoms. The van der Waals surface area contributed by atoms with Crippen molar-refractivity contribution in [1.29, 1.82) is 0 Å². The summed E-state index contributed by atoms with van der Waals surface area (Å²) in [5.41, 5.74) is -2.64. The zero-order valence-electron chi connectivity index (χ0n) is 8.77. The fourth-order valence-corrected chi connectivity index (χ4v) is 1.71. The number of rotatable bonds is 3. The summed E-state index contributed by atoms with van der Waals surface area (Å²) in [7, 11) is 0. The fraction of sp³-hybridized carbons (Fsp3) is 0.333. The Morgan fingerprint density at radius 1 is 1.26 bits per heavy atom. The van der Waals surface area contributed by atoms with E-state index in [0.717, 1.165) is 0 Å². The smallest absolute Gasteiger partial charge is 0.388 e. The Morgan fingerprint density at radius 3 is 2.21 bits per heavy atom. The first-order valence-electron chi connectivity index (χ1n) is 4.46. The van der Waals surface area contributed by atoms with Crippen molar-refractivity contribution in [3.63, 3.8) is 0 Å². The third kappa shape index (κ3) is 4.08. The van der Waals surface area contributed by atoms with Crippen molar-refractivity contribution in [3.05, 3.63) is 22.9 Å². The second kappa shape index (κ2) is 5.35. The standard InChI is InChI=1S/C9H4BrF6NO2/c10-2-5-4(3-18)1-6(8(11,12)13)17-7(5)19-9(14,15)16/h1,3H,2H2. The van der Waals surface area contributed by atoms with E-state index in [2.05, 4.69) is 25.7 Å². The maximum Gasteiger partial charge on any atom is 0.574 e. The average molecular weight is 352 g/mol. The van der Waals surface area contributed by atoms with Crippen LogP contribution in [0.25, 0.3) is 0 Å². The van der Waals surface area contributed by atoms with E-state index in [9.17, 15) is 31.1 Å². The zero-order valence-corrected chi connectivity index (χ0v) is 10.4. The van der Waals surface area contributed by atoms with Gasteiger partial charge in [-0.2, -0.15) is 13.2 Å². The number of hydrogen-bond donors (Lipinski definition) is 0. The maximum absolute atomic E-state index is 12.4. The minimum Gasteiger partial charge on any atom is -0.388 e. The molecule has 0 saturated heterocycles. The molecule has 1 aromatic rings. The third-order valence-corrected chi connectivity index (χ3v) is 2.45. The maximum atomic E-state index is 12.4. The highest BCUT2D eigenvalue weighted by Crippen LogP contribution is 2.34. The molecule has 0 saturated carbocycles. The predicted molar refractivity (Wildman–Crippen MR) is 53.9 cm³/mol. The Balaban J connectivity index is 3.44. The summed E-state index contributed by atoms with van der Waals surface area (Å²) in [6, 6.07) is 0.354. The van der Waals surface area contributed by atoms with Crippen LogP contribution in [0.5, 0.6) is 5.88 Å². The highest BCUT2D eigenvalue weighted by molar-refractivity contribution is 9.08. The summed E-state index contributed by atoms with van der Waals surface area (Å²) in [6.45, 7) is 0. The zero-order chi connectivity index (χ0) is 14.8. The summed E-state index contributed by atoms with van der Waals surface area (Å²) in [6.07, 6.45) is -10.2. The Morgan fingerprint density at radius 2 is 1.84 bits per heavy atom. The summed E-state index contributed by atoms with van der Waals surface area (Å²) in [4.78, 5) is 13.4. The Labute approximate surface area is 110 Å². The van der Waals surface area contributed by atoms with Crippen molar-refractivity contribution in [3.8, 4) is 5.88 Å². The molecule has 0 spiro atoms. The summed E-state index contributed by atoms with van der Waals surface area (Å²) in [5, 5.41) is -0.322. The molecule has 0 radical (unpaired) electrons. The molecule has 0 aromatic carbocycles. The van der Waals surface area contributed by atoms with E-state index in [4.69, 9.17) is 0 Å². The first-order valence-corrected chi connectivity index (χ1v) is 5.58. The molecule has 3 nitrogen and oxygen atoms in total. The number of hydrogen-bond acceptors (Lipinski definition) is 3. The SMILES string of the molecule is O=Cc1cc(C(F)(F)F)nc(OC(F)(F)F)c1CBr. The second-order valence-corrected chi connectivity index (χ2v) is 3.74. The molecule has 106 valence electrons. The van der Waals surface area contributed by atoms with Crippen LogP contribution in [0, 0.1) is 0 Å². The normalized spacial score (nSPS) is 12.4. The number of carbonyl (C=O) groups excluding carboxylic acids is 1. The van der Waals surface area contributed by atoms with Crippen LogP contribution in [0.4, 0.5) is 26.3 Å². The molecule has 10 heteroatoms. The lowest BCUT2D eigenvalue weighted by Crippen LogP contribution is -2.21. The van der Waals surface area contributed by atoms with Gasteiger partial charge in [-0.1, -0.05) is 15.9 Å². The molecule has 0 fully saturated rings. The molecule has 19 heavy (non-hydrogen) atoms. The molecular weight excluding hydrogens is 348 g/mol. The van der Waals surface area contributed by atoms with Crippen molar-refractivity contribution in [1.82, 2.24) is 4.98 Å².